The number of aromatic nitrogens is 2. The lowest BCUT2D eigenvalue weighted by atomic mass is 10.0. The number of carboxylic acid groups (broad SMARTS) is 1. The smallest absolute Gasteiger partial charge is 0.318 e. The van der Waals surface area contributed by atoms with E-state index < -0.39 is 38.9 Å². The van der Waals surface area contributed by atoms with Crippen LogP contribution in [0, 0.1) is 11.6 Å². The number of carboxylic acids is 1. The zero-order valence-electron chi connectivity index (χ0n) is 17.6. The van der Waals surface area contributed by atoms with Gasteiger partial charge in [-0.3, -0.25) is 4.79 Å². The Labute approximate surface area is 193 Å². The molecule has 1 aliphatic rings. The molecule has 4 bridgehead atoms. The van der Waals surface area contributed by atoms with E-state index in [-0.39, 0.29) is 47.6 Å². The number of anilines is 2. The number of sulfone groups is 1. The Morgan fingerprint density at radius 1 is 1.06 bits per heavy atom. The van der Waals surface area contributed by atoms with Gasteiger partial charge in [0.2, 0.25) is 5.88 Å². The lowest BCUT2D eigenvalue weighted by molar-refractivity contribution is -0.134. The Morgan fingerprint density at radius 2 is 1.85 bits per heavy atom. The van der Waals surface area contributed by atoms with Gasteiger partial charge in [-0.15, -0.1) is 0 Å². The summed E-state index contributed by atoms with van der Waals surface area (Å²) in [7, 11) is -3.94. The molecule has 2 N–H and O–H groups in total. The molecule has 3 aromatic rings. The summed E-state index contributed by atoms with van der Waals surface area (Å²) in [6, 6.07) is 7.96. The Morgan fingerprint density at radius 3 is 2.65 bits per heavy atom. The fourth-order valence-electron chi connectivity index (χ4n) is 3.37. The Hall–Kier alpha value is -3.80. The van der Waals surface area contributed by atoms with Gasteiger partial charge >= 0.3 is 5.97 Å². The molecule has 0 saturated heterocycles. The van der Waals surface area contributed by atoms with E-state index in [0.717, 1.165) is 6.20 Å². The molecule has 34 heavy (non-hydrogen) atoms. The summed E-state index contributed by atoms with van der Waals surface area (Å²) in [5.74, 6) is -3.61. The van der Waals surface area contributed by atoms with Crippen LogP contribution in [0.2, 0.25) is 0 Å². The summed E-state index contributed by atoms with van der Waals surface area (Å²) >= 11 is 0. The van der Waals surface area contributed by atoms with Crippen molar-refractivity contribution in [2.75, 3.05) is 24.3 Å². The number of halogens is 2. The summed E-state index contributed by atoms with van der Waals surface area (Å²) < 4.78 is 64.0. The van der Waals surface area contributed by atoms with E-state index in [1.807, 2.05) is 0 Å². The van der Waals surface area contributed by atoms with E-state index in [1.54, 1.807) is 0 Å². The highest BCUT2D eigenvalue weighted by molar-refractivity contribution is 7.91. The number of aliphatic carboxylic acids is 1. The SMILES string of the molecule is O=C(O)CS(=O)(=O)Cc1cc2nc(c1)OCCCOc1cc(F)ccc1-c1cc(ncc1F)N2. The number of benzene rings is 1. The fourth-order valence-corrected chi connectivity index (χ4v) is 4.53. The third kappa shape index (κ3) is 5.76. The maximum Gasteiger partial charge on any atom is 0.318 e. The van der Waals surface area contributed by atoms with Crippen molar-refractivity contribution in [1.82, 2.24) is 9.97 Å². The second kappa shape index (κ2) is 9.59. The normalized spacial score (nSPS) is 13.5. The number of rotatable bonds is 4. The van der Waals surface area contributed by atoms with Crippen LogP contribution in [0.15, 0.2) is 42.6 Å². The molecule has 0 spiro atoms. The van der Waals surface area contributed by atoms with Gasteiger partial charge in [-0.05, 0) is 29.8 Å². The topological polar surface area (TPSA) is 128 Å². The van der Waals surface area contributed by atoms with Crippen LogP contribution in [0.4, 0.5) is 20.4 Å². The second-order valence-corrected chi connectivity index (χ2v) is 9.55. The maximum atomic E-state index is 14.6. The number of fused-ring (bicyclic) bond motifs is 6. The van der Waals surface area contributed by atoms with Gasteiger partial charge in [0.1, 0.15) is 34.8 Å². The Balaban J connectivity index is 1.75. The first-order chi connectivity index (χ1) is 16.2. The van der Waals surface area contributed by atoms with E-state index in [1.165, 1.54) is 36.4 Å². The number of hydrogen-bond donors (Lipinski definition) is 2. The van der Waals surface area contributed by atoms with Crippen molar-refractivity contribution in [3.63, 3.8) is 0 Å². The summed E-state index contributed by atoms with van der Waals surface area (Å²) in [5, 5.41) is 11.7. The first-order valence-corrected chi connectivity index (χ1v) is 11.9. The minimum Gasteiger partial charge on any atom is -0.493 e. The lowest BCUT2D eigenvalue weighted by Gasteiger charge is -2.16. The molecule has 0 atom stereocenters. The van der Waals surface area contributed by atoms with E-state index in [2.05, 4.69) is 15.3 Å². The highest BCUT2D eigenvalue weighted by Crippen LogP contribution is 2.34. The Kier molecular flexibility index (Phi) is 6.59. The predicted octanol–water partition coefficient (Wildman–Crippen LogP) is 3.33. The van der Waals surface area contributed by atoms with Gasteiger partial charge in [0, 0.05) is 29.7 Å². The summed E-state index contributed by atoms with van der Waals surface area (Å²) in [6.45, 7) is 0.272. The number of pyridine rings is 2. The van der Waals surface area contributed by atoms with Gasteiger partial charge in [0.25, 0.3) is 0 Å². The van der Waals surface area contributed by atoms with Crippen LogP contribution in [0.1, 0.15) is 12.0 Å². The van der Waals surface area contributed by atoms with Crippen LogP contribution in [0.25, 0.3) is 11.1 Å². The monoisotopic (exact) mass is 491 g/mol. The summed E-state index contributed by atoms with van der Waals surface area (Å²) in [5.41, 5.74) is 0.686. The van der Waals surface area contributed by atoms with Gasteiger partial charge in [0.05, 0.1) is 25.2 Å². The first kappa shape index (κ1) is 23.4. The summed E-state index contributed by atoms with van der Waals surface area (Å²) in [4.78, 5) is 19.1. The molecular weight excluding hydrogens is 472 g/mol. The zero-order valence-corrected chi connectivity index (χ0v) is 18.4. The van der Waals surface area contributed by atoms with Gasteiger partial charge in [-0.25, -0.2) is 22.2 Å². The predicted molar refractivity (Wildman–Crippen MR) is 118 cm³/mol. The van der Waals surface area contributed by atoms with Crippen molar-refractivity contribution >= 4 is 27.4 Å². The molecule has 178 valence electrons. The maximum absolute atomic E-state index is 14.6. The second-order valence-electron chi connectivity index (χ2n) is 7.49. The highest BCUT2D eigenvalue weighted by atomic mass is 32.2. The lowest BCUT2D eigenvalue weighted by Crippen LogP contribution is -2.17. The molecule has 4 rings (SSSR count). The van der Waals surface area contributed by atoms with Crippen LogP contribution < -0.4 is 14.8 Å². The molecule has 3 heterocycles. The van der Waals surface area contributed by atoms with E-state index in [4.69, 9.17) is 14.6 Å². The van der Waals surface area contributed by atoms with E-state index >= 15 is 0 Å². The van der Waals surface area contributed by atoms with Crippen LogP contribution in [0.3, 0.4) is 0 Å². The van der Waals surface area contributed by atoms with Crippen LogP contribution in [0.5, 0.6) is 11.6 Å². The highest BCUT2D eigenvalue weighted by Gasteiger charge is 2.19. The van der Waals surface area contributed by atoms with Crippen molar-refractivity contribution in [3.05, 3.63) is 59.8 Å². The van der Waals surface area contributed by atoms with Crippen molar-refractivity contribution in [1.29, 1.82) is 0 Å². The van der Waals surface area contributed by atoms with Crippen molar-refractivity contribution in [2.24, 2.45) is 0 Å². The minimum absolute atomic E-state index is 0.0939. The molecule has 12 heteroatoms. The molecule has 1 aromatic carbocycles. The molecule has 9 nitrogen and oxygen atoms in total. The molecule has 0 saturated carbocycles. The molecule has 2 aromatic heterocycles. The average Bonchev–Trinajstić information content (AvgIpc) is 2.73. The quantitative estimate of drug-likeness (QED) is 0.565. The van der Waals surface area contributed by atoms with Gasteiger partial charge in [-0.2, -0.15) is 4.98 Å². The van der Waals surface area contributed by atoms with Gasteiger partial charge in [0.15, 0.2) is 9.84 Å². The standard InChI is InChI=1S/C22H19F2N3O6S/c23-14-2-3-15-16-9-19(25-10-17(16)24)26-20-6-13(11-34(30,31)12-22(28)29)7-21(27-20)33-5-1-4-32-18(15)8-14/h2-3,6-10H,1,4-5,11-12H2,(H,28,29)(H,25,26,27). The van der Waals surface area contributed by atoms with Crippen LogP contribution in [-0.2, 0) is 20.4 Å². The third-order valence-corrected chi connectivity index (χ3v) is 6.19. The van der Waals surface area contributed by atoms with Gasteiger partial charge in [-0.1, -0.05) is 0 Å². The molecule has 0 aliphatic carbocycles. The number of carbonyl (C=O) groups is 1. The molecule has 0 fully saturated rings. The average molecular weight is 491 g/mol. The fraction of sp³-hybridized carbons (Fsp3) is 0.227. The van der Waals surface area contributed by atoms with E-state index in [0.29, 0.717) is 12.0 Å². The number of nitrogens with zero attached hydrogens (tertiary/aromatic N) is 2. The van der Waals surface area contributed by atoms with Crippen molar-refractivity contribution in [3.8, 4) is 22.8 Å². The van der Waals surface area contributed by atoms with Crippen molar-refractivity contribution in [2.45, 2.75) is 12.2 Å². The van der Waals surface area contributed by atoms with Crippen LogP contribution >= 0.6 is 0 Å². The number of hydrogen-bond acceptors (Lipinski definition) is 8. The van der Waals surface area contributed by atoms with Crippen molar-refractivity contribution < 1.29 is 36.6 Å². The van der Waals surface area contributed by atoms with Gasteiger partial charge < -0.3 is 19.9 Å². The zero-order chi connectivity index (χ0) is 24.3. The van der Waals surface area contributed by atoms with Crippen LogP contribution in [-0.4, -0.2) is 48.4 Å². The Bertz CT molecular complexity index is 1350. The molecule has 1 aliphatic heterocycles. The minimum atomic E-state index is -3.94. The van der Waals surface area contributed by atoms with E-state index in [9.17, 15) is 22.0 Å². The molecule has 0 radical (unpaired) electrons. The largest absolute Gasteiger partial charge is 0.493 e. The third-order valence-electron chi connectivity index (χ3n) is 4.73. The first-order valence-electron chi connectivity index (χ1n) is 10.1. The number of ether oxygens (including phenoxy) is 2. The number of nitrogens with one attached hydrogen (secondary N) is 1. The summed E-state index contributed by atoms with van der Waals surface area (Å²) in [6.07, 6.45) is 1.35. The molecule has 0 unspecified atom stereocenters. The molecule has 0 amide bonds. The molecular formula is C22H19F2N3O6S.